The van der Waals surface area contributed by atoms with Gasteiger partial charge in [-0.3, -0.25) is 4.90 Å². The Morgan fingerprint density at radius 3 is 2.00 bits per heavy atom. The second-order valence-electron chi connectivity index (χ2n) is 7.18. The Labute approximate surface area is 224 Å². The third-order valence-electron chi connectivity index (χ3n) is 4.79. The van der Waals surface area contributed by atoms with Crippen LogP contribution in [-0.4, -0.2) is 54.4 Å². The summed E-state index contributed by atoms with van der Waals surface area (Å²) in [7, 11) is 1.91. The molecule has 0 N–H and O–H groups in total. The van der Waals surface area contributed by atoms with Gasteiger partial charge in [-0.25, -0.2) is 0 Å². The third-order valence-corrected chi connectivity index (χ3v) is 5.66. The molecule has 0 spiro atoms. The van der Waals surface area contributed by atoms with E-state index in [1.54, 1.807) is 0 Å². The quantitative estimate of drug-likeness (QED) is 0.216. The lowest BCUT2D eigenvalue weighted by atomic mass is 10.1. The molecule has 8 heteroatoms. The molecule has 33 heavy (non-hydrogen) atoms. The van der Waals surface area contributed by atoms with E-state index in [0.717, 1.165) is 36.5 Å². The van der Waals surface area contributed by atoms with E-state index < -0.39 is 0 Å². The highest BCUT2D eigenvalue weighted by atomic mass is 35.5. The lowest BCUT2D eigenvalue weighted by Crippen LogP contribution is -2.29. The molecule has 180 valence electrons. The molecule has 3 nitrogen and oxygen atoms in total. The number of hydrogen-bond acceptors (Lipinski definition) is 3. The smallest absolute Gasteiger partial charge is 0.269 e. The van der Waals surface area contributed by atoms with Crippen LogP contribution in [0.2, 0.25) is 0 Å². The summed E-state index contributed by atoms with van der Waals surface area (Å²) in [5.41, 5.74) is 2.21. The number of benzene rings is 3. The van der Waals surface area contributed by atoms with E-state index >= 15 is 0 Å². The SMILES string of the molecule is Cc1cccc(N(C)C(=S)Oc2ccc3ccccc3c2)c1.Cl.ClCCN(CCCl)CCCl. The lowest BCUT2D eigenvalue weighted by molar-refractivity contribution is 0.327. The molecule has 0 amide bonds. The molecule has 3 aromatic rings. The molecule has 0 bridgehead atoms. The molecule has 0 fully saturated rings. The normalized spacial score (nSPS) is 10.2. The molecule has 0 aromatic heterocycles. The standard InChI is InChI=1S/C19H17NOS.C6H12Cl3N.ClH/c1-14-6-5-9-17(12-14)20(2)19(22)21-18-11-10-15-7-3-4-8-16(15)13-18;7-1-4-10(5-2-8)6-3-9;/h3-13H,1-2H3;1-6H2;1H. The zero-order valence-electron chi connectivity index (χ0n) is 18.8. The first kappa shape index (κ1) is 29.8. The van der Waals surface area contributed by atoms with E-state index in [1.807, 2.05) is 54.4 Å². The summed E-state index contributed by atoms with van der Waals surface area (Å²) >= 11 is 22.0. The number of fused-ring (bicyclic) bond motifs is 1. The maximum Gasteiger partial charge on any atom is 0.269 e. The number of rotatable bonds is 8. The zero-order chi connectivity index (χ0) is 23.3. The van der Waals surface area contributed by atoms with Crippen LogP contribution in [0.4, 0.5) is 5.69 Å². The van der Waals surface area contributed by atoms with Crippen molar-refractivity contribution in [2.24, 2.45) is 0 Å². The maximum absolute atomic E-state index is 5.84. The molecule has 0 unspecified atom stereocenters. The van der Waals surface area contributed by atoms with Crippen LogP contribution in [0.1, 0.15) is 5.56 Å². The number of hydrogen-bond donors (Lipinski definition) is 0. The second kappa shape index (κ2) is 16.4. The molecular weight excluding hydrogens is 518 g/mol. The molecule has 0 heterocycles. The molecule has 0 atom stereocenters. The number of alkyl halides is 3. The lowest BCUT2D eigenvalue weighted by Gasteiger charge is -2.20. The minimum Gasteiger partial charge on any atom is -0.432 e. The van der Waals surface area contributed by atoms with E-state index in [2.05, 4.69) is 36.1 Å². The molecular formula is C25H30Cl4N2OS. The van der Waals surface area contributed by atoms with Crippen LogP contribution in [0.25, 0.3) is 10.8 Å². The van der Waals surface area contributed by atoms with Gasteiger partial charge in [-0.2, -0.15) is 0 Å². The van der Waals surface area contributed by atoms with Crippen molar-refractivity contribution in [2.75, 3.05) is 49.2 Å². The van der Waals surface area contributed by atoms with Crippen molar-refractivity contribution in [2.45, 2.75) is 6.92 Å². The average Bonchev–Trinajstić information content (AvgIpc) is 2.79. The first-order valence-corrected chi connectivity index (χ1v) is 12.4. The van der Waals surface area contributed by atoms with Gasteiger partial charge in [0.2, 0.25) is 0 Å². The fraction of sp³-hybridized carbons (Fsp3) is 0.320. The Morgan fingerprint density at radius 1 is 0.818 bits per heavy atom. The average molecular weight is 548 g/mol. The van der Waals surface area contributed by atoms with Crippen LogP contribution in [0.5, 0.6) is 5.75 Å². The predicted molar refractivity (Wildman–Crippen MR) is 153 cm³/mol. The molecule has 0 aliphatic heterocycles. The fourth-order valence-electron chi connectivity index (χ4n) is 3.04. The van der Waals surface area contributed by atoms with Gasteiger partial charge < -0.3 is 9.64 Å². The van der Waals surface area contributed by atoms with Crippen molar-refractivity contribution >= 4 is 81.1 Å². The summed E-state index contributed by atoms with van der Waals surface area (Å²) in [6, 6.07) is 22.3. The predicted octanol–water partition coefficient (Wildman–Crippen LogP) is 7.37. The first-order chi connectivity index (χ1) is 15.5. The van der Waals surface area contributed by atoms with Crippen molar-refractivity contribution in [1.29, 1.82) is 0 Å². The summed E-state index contributed by atoms with van der Waals surface area (Å²) in [6.45, 7) is 4.69. The summed E-state index contributed by atoms with van der Waals surface area (Å²) < 4.78 is 5.84. The molecule has 3 aromatic carbocycles. The molecule has 0 aliphatic rings. The van der Waals surface area contributed by atoms with E-state index in [9.17, 15) is 0 Å². The van der Waals surface area contributed by atoms with Crippen molar-refractivity contribution < 1.29 is 4.74 Å². The van der Waals surface area contributed by atoms with Gasteiger partial charge in [0, 0.05) is 50.0 Å². The van der Waals surface area contributed by atoms with Crippen LogP contribution in [0.3, 0.4) is 0 Å². The number of nitrogens with zero attached hydrogens (tertiary/aromatic N) is 2. The van der Waals surface area contributed by atoms with Gasteiger partial charge in [-0.1, -0.05) is 42.5 Å². The topological polar surface area (TPSA) is 15.7 Å². The zero-order valence-corrected chi connectivity index (χ0v) is 22.7. The Balaban J connectivity index is 0.000000425. The molecule has 0 saturated carbocycles. The molecule has 0 saturated heterocycles. The Morgan fingerprint density at radius 2 is 1.42 bits per heavy atom. The van der Waals surface area contributed by atoms with Gasteiger partial charge in [0.25, 0.3) is 5.17 Å². The molecule has 0 aliphatic carbocycles. The van der Waals surface area contributed by atoms with E-state index in [0.29, 0.717) is 22.8 Å². The number of anilines is 1. The second-order valence-corrected chi connectivity index (χ2v) is 8.67. The van der Waals surface area contributed by atoms with Crippen LogP contribution in [0, 0.1) is 6.92 Å². The number of halogens is 4. The Bertz CT molecular complexity index is 975. The van der Waals surface area contributed by atoms with E-state index in [1.165, 1.54) is 10.9 Å². The minimum absolute atomic E-state index is 0. The van der Waals surface area contributed by atoms with Gasteiger partial charge in [-0.15, -0.1) is 47.2 Å². The maximum atomic E-state index is 5.84. The number of aryl methyl sites for hydroxylation is 1. The van der Waals surface area contributed by atoms with Crippen LogP contribution < -0.4 is 9.64 Å². The summed E-state index contributed by atoms with van der Waals surface area (Å²) in [5.74, 6) is 2.69. The molecule has 3 rings (SSSR count). The van der Waals surface area contributed by atoms with Crippen molar-refractivity contribution in [1.82, 2.24) is 4.90 Å². The van der Waals surface area contributed by atoms with Gasteiger partial charge in [0.1, 0.15) is 5.75 Å². The van der Waals surface area contributed by atoms with Gasteiger partial charge in [0.05, 0.1) is 0 Å². The summed E-state index contributed by atoms with van der Waals surface area (Å²) in [6.07, 6.45) is 0. The van der Waals surface area contributed by atoms with Gasteiger partial charge in [-0.05, 0) is 59.7 Å². The molecule has 0 radical (unpaired) electrons. The third kappa shape index (κ3) is 10.3. The number of ether oxygens (including phenoxy) is 1. The highest BCUT2D eigenvalue weighted by Crippen LogP contribution is 2.22. The van der Waals surface area contributed by atoms with Crippen molar-refractivity contribution in [3.05, 3.63) is 72.3 Å². The van der Waals surface area contributed by atoms with Crippen molar-refractivity contribution in [3.8, 4) is 5.75 Å². The van der Waals surface area contributed by atoms with Crippen molar-refractivity contribution in [3.63, 3.8) is 0 Å². The number of thiocarbonyl (C=S) groups is 1. The van der Waals surface area contributed by atoms with Crippen LogP contribution in [-0.2, 0) is 0 Å². The van der Waals surface area contributed by atoms with E-state index in [-0.39, 0.29) is 12.4 Å². The fourth-order valence-corrected chi connectivity index (χ4v) is 3.95. The minimum atomic E-state index is 0. The summed E-state index contributed by atoms with van der Waals surface area (Å²) in [5, 5.41) is 2.76. The largest absolute Gasteiger partial charge is 0.432 e. The highest BCUT2D eigenvalue weighted by Gasteiger charge is 2.10. The van der Waals surface area contributed by atoms with E-state index in [4.69, 9.17) is 51.8 Å². The first-order valence-electron chi connectivity index (χ1n) is 10.4. The van der Waals surface area contributed by atoms with Gasteiger partial charge >= 0.3 is 0 Å². The highest BCUT2D eigenvalue weighted by molar-refractivity contribution is 7.80. The Kier molecular flexibility index (Phi) is 14.8. The Hall–Kier alpha value is -1.27. The van der Waals surface area contributed by atoms with Crippen LogP contribution in [0.15, 0.2) is 66.7 Å². The van der Waals surface area contributed by atoms with Crippen LogP contribution >= 0.6 is 59.4 Å². The summed E-state index contributed by atoms with van der Waals surface area (Å²) in [4.78, 5) is 4.02. The van der Waals surface area contributed by atoms with Gasteiger partial charge in [0.15, 0.2) is 0 Å². The monoisotopic (exact) mass is 546 g/mol.